The molecule has 10 heterocycles. The fourth-order valence-electron chi connectivity index (χ4n) is 10.0. The third-order valence-corrected chi connectivity index (χ3v) is 13.2. The first-order valence-electron chi connectivity index (χ1n) is 22.9. The number of allylic oxidation sites excluding steroid dienone is 1. The Morgan fingerprint density at radius 2 is 1.45 bits per heavy atom. The molecule has 2 fully saturated rings. The second-order valence-corrected chi connectivity index (χ2v) is 17.6. The van der Waals surface area contributed by atoms with Crippen LogP contribution in [0.25, 0.3) is 55.4 Å². The number of nitrogens with zero attached hydrogens (tertiary/aromatic N) is 12. The summed E-state index contributed by atoms with van der Waals surface area (Å²) in [6.45, 7) is 4.63. The summed E-state index contributed by atoms with van der Waals surface area (Å²) in [6, 6.07) is 17.4. The number of amides is 3. The largest absolute Gasteiger partial charge is 0.373 e. The topological polar surface area (TPSA) is 267 Å². The number of aromatic amines is 2. The second-order valence-electron chi connectivity index (χ2n) is 17.6. The molecule has 4 atom stereocenters. The lowest BCUT2D eigenvalue weighted by molar-refractivity contribution is -0.139. The van der Waals surface area contributed by atoms with E-state index in [-0.39, 0.29) is 23.9 Å². The number of hydrogen-bond donors (Lipinski definition) is 5. The van der Waals surface area contributed by atoms with Crippen LogP contribution in [0.4, 0.5) is 0 Å². The number of aliphatic hydroxyl groups excluding tert-OH is 1. The smallest absolute Gasteiger partial charge is 0.242 e. The molecule has 10 rings (SSSR count). The molecule has 3 amide bonds. The Labute approximate surface area is 394 Å². The van der Waals surface area contributed by atoms with Gasteiger partial charge in [-0.25, -0.2) is 9.97 Å². The maximum atomic E-state index is 14.1. The number of aliphatic hydroxyl groups is 1. The van der Waals surface area contributed by atoms with Gasteiger partial charge in [-0.2, -0.15) is 40.2 Å². The number of likely N-dealkylation sites (tertiary alicyclic amines) is 2. The average Bonchev–Trinajstić information content (AvgIpc) is 4.22. The maximum Gasteiger partial charge on any atom is 0.242 e. The van der Waals surface area contributed by atoms with Gasteiger partial charge in [0.1, 0.15) is 30.0 Å². The lowest BCUT2D eigenvalue weighted by atomic mass is 9.97. The van der Waals surface area contributed by atoms with Gasteiger partial charge in [-0.05, 0) is 99.2 Å². The quantitative estimate of drug-likeness (QED) is 0.0944. The van der Waals surface area contributed by atoms with Crippen molar-refractivity contribution in [3.8, 4) is 34.4 Å². The van der Waals surface area contributed by atoms with Crippen LogP contribution >= 0.6 is 0 Å². The fraction of sp³-hybridized carbons (Fsp3) is 0.327. The molecule has 5 N–H and O–H groups in total. The molecule has 2 saturated heterocycles. The van der Waals surface area contributed by atoms with Crippen molar-refractivity contribution in [2.75, 3.05) is 19.6 Å². The van der Waals surface area contributed by atoms with Crippen LogP contribution in [0.5, 0.6) is 0 Å². The molecule has 348 valence electrons. The number of nitrogens with one attached hydrogen (secondary N) is 4. The molecular formula is C49H48N16O4. The average molecular weight is 925 g/mol. The Morgan fingerprint density at radius 1 is 0.797 bits per heavy atom. The molecule has 69 heavy (non-hydrogen) atoms. The van der Waals surface area contributed by atoms with Crippen molar-refractivity contribution in [3.05, 3.63) is 108 Å². The molecule has 20 nitrogen and oxygen atoms in total. The Hall–Kier alpha value is -8.33. The van der Waals surface area contributed by atoms with E-state index in [0.29, 0.717) is 73.3 Å². The summed E-state index contributed by atoms with van der Waals surface area (Å²) in [5.41, 5.74) is 9.41. The van der Waals surface area contributed by atoms with E-state index < -0.39 is 36.7 Å². The molecule has 0 aromatic carbocycles. The van der Waals surface area contributed by atoms with E-state index in [1.54, 1.807) is 54.4 Å². The molecule has 2 aliphatic rings. The maximum absolute atomic E-state index is 14.1. The minimum atomic E-state index is -1.15. The zero-order chi connectivity index (χ0) is 47.8. The highest BCUT2D eigenvalue weighted by Crippen LogP contribution is 2.43. The van der Waals surface area contributed by atoms with E-state index in [0.717, 1.165) is 56.4 Å². The van der Waals surface area contributed by atoms with E-state index >= 15 is 0 Å². The van der Waals surface area contributed by atoms with Crippen molar-refractivity contribution in [1.29, 1.82) is 10.5 Å². The number of H-pyrrole nitrogens is 2. The summed E-state index contributed by atoms with van der Waals surface area (Å²) >= 11 is 0. The number of carbonyl (C=O) groups excluding carboxylic acids is 3. The van der Waals surface area contributed by atoms with Crippen molar-refractivity contribution in [1.82, 2.24) is 70.0 Å². The SMILES string of the molecule is CC(C)=C(C#N)C(O)N1CCC[C@H]1C(=O)NCCc1cc2c(-c3c(C4CC[C@@H](C(=O)NCCc5cc6c(-c7cnn8ncccc78)ccnc6[nH]5)N4C(=O)CC#N)nn4ncccc34)ccnc2[nH]1. The summed E-state index contributed by atoms with van der Waals surface area (Å²) in [5.74, 6) is -1.02. The predicted octanol–water partition coefficient (Wildman–Crippen LogP) is 4.46. The molecule has 2 unspecified atom stereocenters. The van der Waals surface area contributed by atoms with Crippen molar-refractivity contribution >= 4 is 50.8 Å². The molecule has 8 aromatic heterocycles. The van der Waals surface area contributed by atoms with Gasteiger partial charge in [0, 0.05) is 90.6 Å². The van der Waals surface area contributed by atoms with E-state index in [1.165, 1.54) is 9.53 Å². The van der Waals surface area contributed by atoms with Crippen LogP contribution in [0, 0.1) is 22.7 Å². The Kier molecular flexibility index (Phi) is 12.1. The van der Waals surface area contributed by atoms with Gasteiger partial charge < -0.3 is 30.6 Å². The highest BCUT2D eigenvalue weighted by molar-refractivity contribution is 6.00. The minimum absolute atomic E-state index is 0.213. The lowest BCUT2D eigenvalue weighted by Crippen LogP contribution is -2.48. The van der Waals surface area contributed by atoms with Crippen LogP contribution in [-0.2, 0) is 27.2 Å². The zero-order valence-corrected chi connectivity index (χ0v) is 37.9. The number of rotatable bonds is 14. The summed E-state index contributed by atoms with van der Waals surface area (Å²) in [7, 11) is 0. The monoisotopic (exact) mass is 924 g/mol. The first-order valence-corrected chi connectivity index (χ1v) is 22.9. The Morgan fingerprint density at radius 3 is 2.13 bits per heavy atom. The fourth-order valence-corrected chi connectivity index (χ4v) is 10.0. The van der Waals surface area contributed by atoms with E-state index in [4.69, 9.17) is 5.10 Å². The number of nitriles is 2. The van der Waals surface area contributed by atoms with Gasteiger partial charge in [-0.1, -0.05) is 5.57 Å². The molecule has 0 aliphatic carbocycles. The summed E-state index contributed by atoms with van der Waals surface area (Å²) in [6.07, 6.45) is 9.93. The Bertz CT molecular complexity index is 3400. The Balaban J connectivity index is 0.868. The van der Waals surface area contributed by atoms with Crippen molar-refractivity contribution in [2.45, 2.75) is 83.1 Å². The summed E-state index contributed by atoms with van der Waals surface area (Å²) < 4.78 is 3.10. The first-order chi connectivity index (χ1) is 33.6. The third kappa shape index (κ3) is 8.30. The van der Waals surface area contributed by atoms with Crippen molar-refractivity contribution in [2.24, 2.45) is 0 Å². The molecule has 2 aliphatic heterocycles. The van der Waals surface area contributed by atoms with Gasteiger partial charge in [-0.3, -0.25) is 19.3 Å². The van der Waals surface area contributed by atoms with Gasteiger partial charge in [0.05, 0.1) is 52.7 Å². The van der Waals surface area contributed by atoms with Gasteiger partial charge >= 0.3 is 0 Å². The van der Waals surface area contributed by atoms with Gasteiger partial charge in [0.15, 0.2) is 0 Å². The van der Waals surface area contributed by atoms with Crippen LogP contribution in [0.15, 0.2) is 90.7 Å². The number of hydrogen-bond acceptors (Lipinski definition) is 13. The molecule has 0 spiro atoms. The van der Waals surface area contributed by atoms with Crippen LogP contribution in [0.3, 0.4) is 0 Å². The highest BCUT2D eigenvalue weighted by atomic mass is 16.3. The number of pyridine rings is 2. The molecule has 0 radical (unpaired) electrons. The third-order valence-electron chi connectivity index (χ3n) is 13.2. The number of fused-ring (bicyclic) bond motifs is 4. The van der Waals surface area contributed by atoms with Crippen LogP contribution in [0.2, 0.25) is 0 Å². The molecular weight excluding hydrogens is 877 g/mol. The van der Waals surface area contributed by atoms with Gasteiger partial charge in [0.25, 0.3) is 0 Å². The molecule has 20 heteroatoms. The van der Waals surface area contributed by atoms with Crippen molar-refractivity contribution < 1.29 is 19.5 Å². The number of carbonyl (C=O) groups is 3. The summed E-state index contributed by atoms with van der Waals surface area (Å²) in [4.78, 5) is 60.7. The van der Waals surface area contributed by atoms with E-state index in [9.17, 15) is 30.0 Å². The zero-order valence-electron chi connectivity index (χ0n) is 37.9. The van der Waals surface area contributed by atoms with Crippen LogP contribution < -0.4 is 10.6 Å². The number of aromatic nitrogens is 10. The molecule has 8 aromatic rings. The van der Waals surface area contributed by atoms with E-state index in [1.807, 2.05) is 54.6 Å². The van der Waals surface area contributed by atoms with Crippen molar-refractivity contribution in [3.63, 3.8) is 0 Å². The van der Waals surface area contributed by atoms with Crippen LogP contribution in [-0.4, -0.2) is 120 Å². The first kappa shape index (κ1) is 44.5. The minimum Gasteiger partial charge on any atom is -0.373 e. The van der Waals surface area contributed by atoms with E-state index in [2.05, 4.69) is 51.9 Å². The molecule has 0 bridgehead atoms. The van der Waals surface area contributed by atoms with Gasteiger partial charge in [-0.15, -0.1) is 0 Å². The second kappa shape index (κ2) is 18.7. The predicted molar refractivity (Wildman–Crippen MR) is 252 cm³/mol. The standard InChI is InChI=1S/C49H48N16O4/c1-28(2)35(26-51)49(69)62-23-5-8-40(62)47(67)54-19-12-30-25-34-32(15-22-53-46(34)60-30)43-38-7-4-18-57-65(38)61-44(43)39-9-10-41(63(39)42(66)11-16-50)48(68)55-20-13-29-24-33-31(14-21-52-45(33)59-29)36-27-58-64-37(36)6-3-17-56-64/h3-4,6-7,14-15,17-18,21-22,24-25,27,39-41,49,69H,5,8-13,19-20,23H2,1-2H3,(H,52,59)(H,53,60)(H,54,67)(H,55,68)/t39?,40-,41-,49?/m0/s1. The highest BCUT2D eigenvalue weighted by Gasteiger charge is 2.44. The molecule has 0 saturated carbocycles. The summed E-state index contributed by atoms with van der Waals surface area (Å²) in [5, 5.41) is 56.2. The van der Waals surface area contributed by atoms with Gasteiger partial charge in [0.2, 0.25) is 17.7 Å². The normalized spacial score (nSPS) is 17.6. The lowest BCUT2D eigenvalue weighted by Gasteiger charge is -2.29. The van der Waals surface area contributed by atoms with Crippen LogP contribution in [0.1, 0.15) is 69.1 Å².